The zero-order valence-electron chi connectivity index (χ0n) is 39.9. The molecule has 1 heterocycles. The summed E-state index contributed by atoms with van der Waals surface area (Å²) in [4.78, 5) is 13.0. The Bertz CT molecular complexity index is 1220. The summed E-state index contributed by atoms with van der Waals surface area (Å²) in [6.45, 7) is 3.38. The Kier molecular flexibility index (Phi) is 38.6. The van der Waals surface area contributed by atoms with Gasteiger partial charge < -0.3 is 35.2 Å². The SMILES string of the molecule is CCCCCCCCCCC/C=C/C(O)C(COC1OC(CO)C(O)C(OS(=O)(=O)O)C1O)NC(=O)CCCCCCCCCCC/C=C\CCCCCCCCCCCCCC. The quantitative estimate of drug-likeness (QED) is 0.0194. The number of allylic oxidation sites excluding steroid dienone is 3. The zero-order valence-corrected chi connectivity index (χ0v) is 40.7. The van der Waals surface area contributed by atoms with Gasteiger partial charge in [0.2, 0.25) is 5.91 Å². The van der Waals surface area contributed by atoms with Crippen LogP contribution in [0.2, 0.25) is 0 Å². The zero-order chi connectivity index (χ0) is 46.2. The van der Waals surface area contributed by atoms with E-state index in [1.807, 2.05) is 6.08 Å². The van der Waals surface area contributed by atoms with E-state index in [0.29, 0.717) is 6.42 Å². The number of ether oxygens (including phenoxy) is 2. The largest absolute Gasteiger partial charge is 0.397 e. The van der Waals surface area contributed by atoms with Crippen molar-refractivity contribution in [3.05, 3.63) is 24.3 Å². The maximum atomic E-state index is 13.0. The summed E-state index contributed by atoms with van der Waals surface area (Å²) < 4.78 is 47.6. The summed E-state index contributed by atoms with van der Waals surface area (Å²) in [6.07, 6.45) is 39.5. The molecule has 1 saturated heterocycles. The molecular formula is C50H95NO11S. The van der Waals surface area contributed by atoms with Gasteiger partial charge in [-0.25, -0.2) is 4.18 Å². The number of carbonyl (C=O) groups is 1. The van der Waals surface area contributed by atoms with Crippen LogP contribution in [-0.2, 0) is 28.9 Å². The Morgan fingerprint density at radius 2 is 1.02 bits per heavy atom. The third kappa shape index (κ3) is 33.7. The molecule has 0 aliphatic carbocycles. The van der Waals surface area contributed by atoms with Crippen LogP contribution in [0.5, 0.6) is 0 Å². The van der Waals surface area contributed by atoms with Gasteiger partial charge in [0.05, 0.1) is 25.4 Å². The highest BCUT2D eigenvalue weighted by atomic mass is 32.3. The minimum absolute atomic E-state index is 0.264. The van der Waals surface area contributed by atoms with Gasteiger partial charge in [0.15, 0.2) is 6.29 Å². The summed E-state index contributed by atoms with van der Waals surface area (Å²) >= 11 is 0. The Morgan fingerprint density at radius 3 is 1.43 bits per heavy atom. The summed E-state index contributed by atoms with van der Waals surface area (Å²) in [5.41, 5.74) is 0. The minimum Gasteiger partial charge on any atom is -0.394 e. The molecule has 1 fully saturated rings. The number of aliphatic hydroxyl groups is 4. The molecule has 7 atom stereocenters. The molecule has 0 spiro atoms. The van der Waals surface area contributed by atoms with E-state index >= 15 is 0 Å². The molecule has 0 bridgehead atoms. The summed E-state index contributed by atoms with van der Waals surface area (Å²) in [6, 6.07) is -0.942. The normalized spacial score (nSPS) is 20.5. The molecule has 7 unspecified atom stereocenters. The molecule has 372 valence electrons. The van der Waals surface area contributed by atoms with E-state index < -0.39 is 59.9 Å². The highest BCUT2D eigenvalue weighted by Gasteiger charge is 2.48. The van der Waals surface area contributed by atoms with Gasteiger partial charge >= 0.3 is 10.4 Å². The van der Waals surface area contributed by atoms with Gasteiger partial charge in [-0.15, -0.1) is 0 Å². The van der Waals surface area contributed by atoms with Crippen molar-refractivity contribution < 1.29 is 51.8 Å². The number of rotatable bonds is 44. The van der Waals surface area contributed by atoms with Gasteiger partial charge in [-0.1, -0.05) is 205 Å². The van der Waals surface area contributed by atoms with Crippen molar-refractivity contribution in [1.29, 1.82) is 0 Å². The van der Waals surface area contributed by atoms with Crippen LogP contribution in [0.15, 0.2) is 24.3 Å². The van der Waals surface area contributed by atoms with Crippen molar-refractivity contribution in [2.75, 3.05) is 13.2 Å². The lowest BCUT2D eigenvalue weighted by Crippen LogP contribution is -2.61. The molecule has 0 saturated carbocycles. The first kappa shape index (κ1) is 59.6. The van der Waals surface area contributed by atoms with Crippen LogP contribution in [0.4, 0.5) is 0 Å². The lowest BCUT2D eigenvalue weighted by Gasteiger charge is -2.41. The topological polar surface area (TPSA) is 192 Å². The van der Waals surface area contributed by atoms with Crippen LogP contribution in [-0.4, -0.2) is 95.4 Å². The monoisotopic (exact) mass is 918 g/mol. The van der Waals surface area contributed by atoms with Crippen LogP contribution >= 0.6 is 0 Å². The van der Waals surface area contributed by atoms with Gasteiger partial charge in [0.25, 0.3) is 0 Å². The molecule has 13 heteroatoms. The maximum absolute atomic E-state index is 13.0. The van der Waals surface area contributed by atoms with Gasteiger partial charge in [-0.05, 0) is 44.9 Å². The fraction of sp³-hybridized carbons (Fsp3) is 0.900. The first-order chi connectivity index (χ1) is 30.5. The Hall–Kier alpha value is -1.42. The molecule has 1 aliphatic heterocycles. The predicted molar refractivity (Wildman–Crippen MR) is 255 cm³/mol. The number of nitrogens with one attached hydrogen (secondary N) is 1. The van der Waals surface area contributed by atoms with Gasteiger partial charge in [0.1, 0.15) is 24.4 Å². The average Bonchev–Trinajstić information content (AvgIpc) is 3.25. The number of unbranched alkanes of at least 4 members (excludes halogenated alkanes) is 30. The molecule has 0 aromatic heterocycles. The standard InChI is InChI=1S/C50H95NO11S/c1-3-5-7-9-11-13-15-16-17-18-19-20-21-22-23-24-25-26-27-28-30-32-34-36-38-40-46(54)51-43(44(53)39-37-35-33-31-29-14-12-10-8-6-4-2)42-60-50-48(56)49(62-63(57,58)59)47(55)45(41-52)61-50/h22-23,37,39,43-45,47-50,52-53,55-56H,3-21,24-36,38,40-42H2,1-2H3,(H,51,54)(H,57,58,59)/b23-22-,39-37+. The van der Waals surface area contributed by atoms with Crippen LogP contribution in [0, 0.1) is 0 Å². The van der Waals surface area contributed by atoms with Crippen molar-refractivity contribution in [2.45, 2.75) is 275 Å². The van der Waals surface area contributed by atoms with Gasteiger partial charge in [-0.3, -0.25) is 9.35 Å². The van der Waals surface area contributed by atoms with E-state index in [9.17, 15) is 38.2 Å². The number of carbonyl (C=O) groups excluding carboxylic acids is 1. The van der Waals surface area contributed by atoms with E-state index in [0.717, 1.165) is 38.5 Å². The lowest BCUT2D eigenvalue weighted by molar-refractivity contribution is -0.298. The molecular weight excluding hydrogens is 823 g/mol. The predicted octanol–water partition coefficient (Wildman–Crippen LogP) is 10.9. The Balaban J connectivity index is 2.35. The van der Waals surface area contributed by atoms with E-state index in [1.54, 1.807) is 6.08 Å². The van der Waals surface area contributed by atoms with Crippen LogP contribution in [0.25, 0.3) is 0 Å². The van der Waals surface area contributed by atoms with Crippen molar-refractivity contribution in [3.63, 3.8) is 0 Å². The number of aliphatic hydroxyl groups excluding tert-OH is 4. The van der Waals surface area contributed by atoms with Gasteiger partial charge in [-0.2, -0.15) is 8.42 Å². The molecule has 0 aromatic rings. The van der Waals surface area contributed by atoms with Crippen molar-refractivity contribution >= 4 is 16.3 Å². The molecule has 12 nitrogen and oxygen atoms in total. The van der Waals surface area contributed by atoms with E-state index in [1.165, 1.54) is 167 Å². The number of amides is 1. The average molecular weight is 918 g/mol. The highest BCUT2D eigenvalue weighted by Crippen LogP contribution is 2.26. The van der Waals surface area contributed by atoms with Crippen molar-refractivity contribution in [3.8, 4) is 0 Å². The third-order valence-electron chi connectivity index (χ3n) is 12.2. The second kappa shape index (κ2) is 40.8. The molecule has 1 aliphatic rings. The van der Waals surface area contributed by atoms with E-state index in [2.05, 4.69) is 35.5 Å². The number of hydrogen-bond donors (Lipinski definition) is 6. The Morgan fingerprint density at radius 1 is 0.619 bits per heavy atom. The molecule has 1 amide bonds. The fourth-order valence-electron chi connectivity index (χ4n) is 8.21. The van der Waals surface area contributed by atoms with E-state index in [-0.39, 0.29) is 18.9 Å². The van der Waals surface area contributed by atoms with Crippen LogP contribution < -0.4 is 5.32 Å². The maximum Gasteiger partial charge on any atom is 0.397 e. The molecule has 0 aromatic carbocycles. The van der Waals surface area contributed by atoms with Crippen molar-refractivity contribution in [1.82, 2.24) is 5.32 Å². The summed E-state index contributed by atoms with van der Waals surface area (Å²) in [5.74, 6) is -0.264. The van der Waals surface area contributed by atoms with Crippen LogP contribution in [0.1, 0.15) is 232 Å². The summed E-state index contributed by atoms with van der Waals surface area (Å²) in [5, 5.41) is 44.7. The first-order valence-corrected chi connectivity index (χ1v) is 27.1. The third-order valence-corrected chi connectivity index (χ3v) is 12.7. The molecule has 0 radical (unpaired) electrons. The summed E-state index contributed by atoms with van der Waals surface area (Å²) in [7, 11) is -5.08. The second-order valence-electron chi connectivity index (χ2n) is 18.1. The highest BCUT2D eigenvalue weighted by molar-refractivity contribution is 7.80. The lowest BCUT2D eigenvalue weighted by atomic mass is 9.99. The van der Waals surface area contributed by atoms with E-state index in [4.69, 9.17) is 9.47 Å². The smallest absolute Gasteiger partial charge is 0.394 e. The van der Waals surface area contributed by atoms with Gasteiger partial charge in [0, 0.05) is 6.42 Å². The van der Waals surface area contributed by atoms with Crippen LogP contribution in [0.3, 0.4) is 0 Å². The first-order valence-electron chi connectivity index (χ1n) is 25.7. The molecule has 1 rings (SSSR count). The van der Waals surface area contributed by atoms with Crippen molar-refractivity contribution in [2.24, 2.45) is 0 Å². The Labute approximate surface area is 384 Å². The second-order valence-corrected chi connectivity index (χ2v) is 19.2. The minimum atomic E-state index is -5.08. The molecule has 6 N–H and O–H groups in total. The fourth-order valence-corrected chi connectivity index (χ4v) is 8.72. The molecule has 63 heavy (non-hydrogen) atoms. The number of hydrogen-bond acceptors (Lipinski definition) is 10.